The Labute approximate surface area is 123 Å². The SMILES string of the molecule is CC(C)Oc1cc(NC(C(N)=O)C(C)C)ccc1[N+](=O)[O-]. The number of nitro groups is 1. The van der Waals surface area contributed by atoms with Crippen LogP contribution in [0.25, 0.3) is 0 Å². The largest absolute Gasteiger partial charge is 0.484 e. The van der Waals surface area contributed by atoms with E-state index in [9.17, 15) is 14.9 Å². The summed E-state index contributed by atoms with van der Waals surface area (Å²) in [7, 11) is 0. The van der Waals surface area contributed by atoms with E-state index in [1.807, 2.05) is 13.8 Å². The van der Waals surface area contributed by atoms with Crippen molar-refractivity contribution in [2.45, 2.75) is 39.8 Å². The van der Waals surface area contributed by atoms with Crippen molar-refractivity contribution in [2.75, 3.05) is 5.32 Å². The van der Waals surface area contributed by atoms with Gasteiger partial charge in [-0.1, -0.05) is 13.8 Å². The number of primary amides is 1. The lowest BCUT2D eigenvalue weighted by atomic mass is 10.0. The molecule has 1 rings (SSSR count). The molecule has 1 aromatic carbocycles. The first kappa shape index (κ1) is 16.7. The van der Waals surface area contributed by atoms with Crippen LogP contribution in [0.2, 0.25) is 0 Å². The first-order valence-electron chi connectivity index (χ1n) is 6.73. The van der Waals surface area contributed by atoms with Crippen molar-refractivity contribution in [1.29, 1.82) is 0 Å². The van der Waals surface area contributed by atoms with Gasteiger partial charge in [-0.05, 0) is 25.8 Å². The Bertz CT molecular complexity index is 529. The zero-order valence-corrected chi connectivity index (χ0v) is 12.6. The smallest absolute Gasteiger partial charge is 0.311 e. The normalized spacial score (nSPS) is 12.3. The lowest BCUT2D eigenvalue weighted by molar-refractivity contribution is -0.386. The summed E-state index contributed by atoms with van der Waals surface area (Å²) >= 11 is 0. The molecule has 0 saturated heterocycles. The number of anilines is 1. The zero-order valence-electron chi connectivity index (χ0n) is 12.6. The van der Waals surface area contributed by atoms with Crippen LogP contribution in [-0.4, -0.2) is 23.0 Å². The molecule has 0 fully saturated rings. The highest BCUT2D eigenvalue weighted by molar-refractivity contribution is 5.83. The van der Waals surface area contributed by atoms with Crippen LogP contribution in [0.3, 0.4) is 0 Å². The summed E-state index contributed by atoms with van der Waals surface area (Å²) in [6.45, 7) is 7.28. The van der Waals surface area contributed by atoms with Crippen molar-refractivity contribution < 1.29 is 14.5 Å². The molecule has 0 spiro atoms. The van der Waals surface area contributed by atoms with Crippen LogP contribution in [0, 0.1) is 16.0 Å². The Morgan fingerprint density at radius 1 is 1.33 bits per heavy atom. The number of hydrogen-bond acceptors (Lipinski definition) is 5. The number of carbonyl (C=O) groups is 1. The number of ether oxygens (including phenoxy) is 1. The van der Waals surface area contributed by atoms with E-state index in [4.69, 9.17) is 10.5 Å². The minimum atomic E-state index is -0.557. The van der Waals surface area contributed by atoms with Gasteiger partial charge in [0.1, 0.15) is 6.04 Å². The highest BCUT2D eigenvalue weighted by Crippen LogP contribution is 2.31. The van der Waals surface area contributed by atoms with Crippen LogP contribution in [0.4, 0.5) is 11.4 Å². The fourth-order valence-corrected chi connectivity index (χ4v) is 1.85. The maximum atomic E-state index is 11.4. The van der Waals surface area contributed by atoms with Crippen molar-refractivity contribution >= 4 is 17.3 Å². The van der Waals surface area contributed by atoms with Crippen molar-refractivity contribution in [3.63, 3.8) is 0 Å². The molecule has 21 heavy (non-hydrogen) atoms. The third-order valence-corrected chi connectivity index (χ3v) is 2.81. The van der Waals surface area contributed by atoms with E-state index in [0.29, 0.717) is 5.69 Å². The summed E-state index contributed by atoms with van der Waals surface area (Å²) < 4.78 is 5.45. The number of rotatable bonds is 7. The van der Waals surface area contributed by atoms with Gasteiger partial charge in [0.05, 0.1) is 11.0 Å². The molecule has 1 amide bonds. The fourth-order valence-electron chi connectivity index (χ4n) is 1.85. The highest BCUT2D eigenvalue weighted by atomic mass is 16.6. The van der Waals surface area contributed by atoms with E-state index in [-0.39, 0.29) is 23.5 Å². The lowest BCUT2D eigenvalue weighted by Gasteiger charge is -2.20. The standard InChI is InChI=1S/C14H21N3O4/c1-8(2)13(14(15)18)16-10-5-6-11(17(19)20)12(7-10)21-9(3)4/h5-9,13,16H,1-4H3,(H2,15,18). The molecule has 1 atom stereocenters. The van der Waals surface area contributed by atoms with E-state index in [2.05, 4.69) is 5.32 Å². The van der Waals surface area contributed by atoms with Gasteiger partial charge >= 0.3 is 5.69 Å². The van der Waals surface area contributed by atoms with E-state index >= 15 is 0 Å². The predicted octanol–water partition coefficient (Wildman–Crippen LogP) is 2.30. The van der Waals surface area contributed by atoms with E-state index < -0.39 is 16.9 Å². The Hall–Kier alpha value is -2.31. The predicted molar refractivity (Wildman–Crippen MR) is 80.3 cm³/mol. The van der Waals surface area contributed by atoms with Crippen LogP contribution in [0.5, 0.6) is 5.75 Å². The Morgan fingerprint density at radius 3 is 2.38 bits per heavy atom. The number of nitrogens with zero attached hydrogens (tertiary/aromatic N) is 1. The third-order valence-electron chi connectivity index (χ3n) is 2.81. The van der Waals surface area contributed by atoms with Gasteiger partial charge in [-0.2, -0.15) is 0 Å². The molecule has 1 unspecified atom stereocenters. The monoisotopic (exact) mass is 295 g/mol. The van der Waals surface area contributed by atoms with E-state index in [0.717, 1.165) is 0 Å². The van der Waals surface area contributed by atoms with Gasteiger partial charge in [0.2, 0.25) is 5.91 Å². The quantitative estimate of drug-likeness (QED) is 0.592. The topological polar surface area (TPSA) is 107 Å². The number of carbonyl (C=O) groups excluding carboxylic acids is 1. The van der Waals surface area contributed by atoms with E-state index in [1.165, 1.54) is 18.2 Å². The molecule has 0 saturated carbocycles. The summed E-state index contributed by atoms with van der Waals surface area (Å²) in [4.78, 5) is 21.9. The molecule has 7 heteroatoms. The average Bonchev–Trinajstić information content (AvgIpc) is 2.34. The second-order valence-electron chi connectivity index (χ2n) is 5.37. The molecule has 1 aromatic rings. The summed E-state index contributed by atoms with van der Waals surface area (Å²) in [6.07, 6.45) is -0.198. The van der Waals surface area contributed by atoms with Crippen molar-refractivity contribution in [3.05, 3.63) is 28.3 Å². The molecule has 0 heterocycles. The van der Waals surface area contributed by atoms with Crippen molar-refractivity contribution in [2.24, 2.45) is 11.7 Å². The molecule has 0 bridgehead atoms. The number of amides is 1. The molecule has 7 nitrogen and oxygen atoms in total. The number of nitrogens with two attached hydrogens (primary N) is 1. The summed E-state index contributed by atoms with van der Waals surface area (Å²) in [5.74, 6) is -0.325. The minimum absolute atomic E-state index is 0.00726. The molecule has 116 valence electrons. The number of nitro benzene ring substituents is 1. The zero-order chi connectivity index (χ0) is 16.2. The summed E-state index contributed by atoms with van der Waals surface area (Å²) in [6, 6.07) is 3.83. The molecule has 0 aromatic heterocycles. The fraction of sp³-hybridized carbons (Fsp3) is 0.500. The number of hydrogen-bond donors (Lipinski definition) is 2. The maximum absolute atomic E-state index is 11.4. The van der Waals surface area contributed by atoms with Crippen LogP contribution in [0.15, 0.2) is 18.2 Å². The molecule has 3 N–H and O–H groups in total. The molecular weight excluding hydrogens is 274 g/mol. The van der Waals surface area contributed by atoms with E-state index in [1.54, 1.807) is 13.8 Å². The van der Waals surface area contributed by atoms with Gasteiger partial charge in [0.15, 0.2) is 5.75 Å². The average molecular weight is 295 g/mol. The minimum Gasteiger partial charge on any atom is -0.484 e. The Morgan fingerprint density at radius 2 is 1.95 bits per heavy atom. The van der Waals surface area contributed by atoms with Crippen LogP contribution < -0.4 is 15.8 Å². The van der Waals surface area contributed by atoms with Crippen molar-refractivity contribution in [1.82, 2.24) is 0 Å². The maximum Gasteiger partial charge on any atom is 0.311 e. The highest BCUT2D eigenvalue weighted by Gasteiger charge is 2.21. The summed E-state index contributed by atoms with van der Waals surface area (Å²) in [5, 5.41) is 14.0. The van der Waals surface area contributed by atoms with Gasteiger partial charge in [-0.15, -0.1) is 0 Å². The second-order valence-corrected chi connectivity index (χ2v) is 5.37. The molecule has 0 aliphatic heterocycles. The van der Waals surface area contributed by atoms with Crippen LogP contribution in [0.1, 0.15) is 27.7 Å². The molecule has 0 radical (unpaired) electrons. The summed E-state index contributed by atoms with van der Waals surface area (Å²) in [5.41, 5.74) is 5.77. The van der Waals surface area contributed by atoms with Gasteiger partial charge in [-0.3, -0.25) is 14.9 Å². The van der Waals surface area contributed by atoms with Gasteiger partial charge in [0, 0.05) is 17.8 Å². The number of benzene rings is 1. The third kappa shape index (κ3) is 4.62. The molecule has 0 aliphatic carbocycles. The van der Waals surface area contributed by atoms with Gasteiger partial charge in [0.25, 0.3) is 0 Å². The second kappa shape index (κ2) is 6.92. The van der Waals surface area contributed by atoms with Gasteiger partial charge in [-0.25, -0.2) is 0 Å². The first-order chi connectivity index (χ1) is 9.72. The lowest BCUT2D eigenvalue weighted by Crippen LogP contribution is -2.39. The van der Waals surface area contributed by atoms with Crippen LogP contribution >= 0.6 is 0 Å². The van der Waals surface area contributed by atoms with Crippen LogP contribution in [-0.2, 0) is 4.79 Å². The molecular formula is C14H21N3O4. The Balaban J connectivity index is 3.09. The number of nitrogens with one attached hydrogen (secondary N) is 1. The van der Waals surface area contributed by atoms with Crippen molar-refractivity contribution in [3.8, 4) is 5.75 Å². The van der Waals surface area contributed by atoms with Gasteiger partial charge < -0.3 is 15.8 Å². The Kier molecular flexibility index (Phi) is 5.52. The first-order valence-corrected chi connectivity index (χ1v) is 6.73. The molecule has 0 aliphatic rings.